The first-order chi connectivity index (χ1) is 15.0. The van der Waals surface area contributed by atoms with Crippen molar-refractivity contribution in [3.8, 4) is 0 Å². The van der Waals surface area contributed by atoms with Gasteiger partial charge in [0.25, 0.3) is 5.91 Å². The van der Waals surface area contributed by atoms with E-state index in [1.807, 2.05) is 4.90 Å². The third-order valence-electron chi connectivity index (χ3n) is 5.20. The Morgan fingerprint density at radius 2 is 1.72 bits per heavy atom. The Balaban J connectivity index is 1.66. The Hall–Kier alpha value is -3.01. The molecule has 1 fully saturated rings. The third-order valence-corrected chi connectivity index (χ3v) is 6.36. The molecule has 0 N–H and O–H groups in total. The average molecular weight is 468 g/mol. The predicted molar refractivity (Wildman–Crippen MR) is 118 cm³/mol. The maximum Gasteiger partial charge on any atom is 0.416 e. The number of carbonyl (C=O) groups excluding carboxylic acids is 1. The van der Waals surface area contributed by atoms with Crippen LogP contribution in [0.3, 0.4) is 0 Å². The Morgan fingerprint density at radius 1 is 1.09 bits per heavy atom. The van der Waals surface area contributed by atoms with Crippen molar-refractivity contribution < 1.29 is 26.4 Å². The quantitative estimate of drug-likeness (QED) is 0.609. The van der Waals surface area contributed by atoms with E-state index in [0.29, 0.717) is 43.1 Å². The van der Waals surface area contributed by atoms with Crippen molar-refractivity contribution in [3.63, 3.8) is 0 Å². The van der Waals surface area contributed by atoms with Gasteiger partial charge in [-0.25, -0.2) is 8.42 Å². The fourth-order valence-corrected chi connectivity index (χ4v) is 4.43. The molecule has 10 heteroatoms. The Morgan fingerprint density at radius 3 is 2.25 bits per heavy atom. The van der Waals surface area contributed by atoms with Crippen molar-refractivity contribution in [2.24, 2.45) is 0 Å². The molecule has 0 bridgehead atoms. The van der Waals surface area contributed by atoms with Crippen LogP contribution in [-0.2, 0) is 16.2 Å². The summed E-state index contributed by atoms with van der Waals surface area (Å²) in [4.78, 5) is 16.3. The van der Waals surface area contributed by atoms with Crippen molar-refractivity contribution in [1.82, 2.24) is 4.90 Å². The molecule has 3 rings (SSSR count). The first kappa shape index (κ1) is 23.6. The minimum atomic E-state index is -4.40. The molecule has 32 heavy (non-hydrogen) atoms. The van der Waals surface area contributed by atoms with Crippen LogP contribution in [0.25, 0.3) is 0 Å². The summed E-state index contributed by atoms with van der Waals surface area (Å²) in [5.74, 6) is -0.213. The SMILES string of the molecule is C=CCN(c1ccc(C(=O)N2CCN(c3cccc(C(F)(F)F)c3)CC2)cc1)S(C)(=O)=O. The zero-order valence-electron chi connectivity index (χ0n) is 17.5. The van der Waals surface area contributed by atoms with Crippen LogP contribution in [0.4, 0.5) is 24.5 Å². The molecule has 6 nitrogen and oxygen atoms in total. The van der Waals surface area contributed by atoms with Crippen molar-refractivity contribution in [1.29, 1.82) is 0 Å². The van der Waals surface area contributed by atoms with Gasteiger partial charge < -0.3 is 9.80 Å². The molecule has 172 valence electrons. The highest BCUT2D eigenvalue weighted by molar-refractivity contribution is 7.92. The van der Waals surface area contributed by atoms with E-state index in [1.54, 1.807) is 35.2 Å². The van der Waals surface area contributed by atoms with Crippen LogP contribution in [0.1, 0.15) is 15.9 Å². The smallest absolute Gasteiger partial charge is 0.368 e. The Kier molecular flexibility index (Phi) is 6.82. The molecule has 1 aliphatic rings. The summed E-state index contributed by atoms with van der Waals surface area (Å²) in [6.07, 6.45) is -1.83. The molecule has 0 atom stereocenters. The minimum absolute atomic E-state index is 0.115. The average Bonchev–Trinajstić information content (AvgIpc) is 2.76. The fraction of sp³-hybridized carbons (Fsp3) is 0.318. The lowest BCUT2D eigenvalue weighted by atomic mass is 10.1. The van der Waals surface area contributed by atoms with Gasteiger partial charge in [-0.1, -0.05) is 12.1 Å². The van der Waals surface area contributed by atoms with E-state index in [2.05, 4.69) is 6.58 Å². The van der Waals surface area contributed by atoms with Crippen molar-refractivity contribution >= 4 is 27.3 Å². The molecule has 1 saturated heterocycles. The number of hydrogen-bond acceptors (Lipinski definition) is 4. The van der Waals surface area contributed by atoms with E-state index in [-0.39, 0.29) is 12.5 Å². The van der Waals surface area contributed by atoms with Gasteiger partial charge >= 0.3 is 6.18 Å². The zero-order valence-corrected chi connectivity index (χ0v) is 18.4. The number of halogens is 3. The first-order valence-electron chi connectivity index (χ1n) is 9.91. The zero-order chi connectivity index (χ0) is 23.5. The molecule has 1 amide bonds. The first-order valence-corrected chi connectivity index (χ1v) is 11.8. The molecular formula is C22H24F3N3O3S. The number of nitrogens with zero attached hydrogens (tertiary/aromatic N) is 3. The molecule has 0 radical (unpaired) electrons. The van der Waals surface area contributed by atoms with E-state index in [4.69, 9.17) is 0 Å². The number of anilines is 2. The van der Waals surface area contributed by atoms with Crippen LogP contribution in [0, 0.1) is 0 Å². The van der Waals surface area contributed by atoms with Crippen LogP contribution in [0.15, 0.2) is 61.2 Å². The van der Waals surface area contributed by atoms with E-state index in [9.17, 15) is 26.4 Å². The number of benzene rings is 2. The molecular weight excluding hydrogens is 443 g/mol. The number of piperazine rings is 1. The maximum absolute atomic E-state index is 13.0. The van der Waals surface area contributed by atoms with Crippen molar-refractivity contribution in [3.05, 3.63) is 72.3 Å². The molecule has 0 unspecified atom stereocenters. The van der Waals surface area contributed by atoms with Crippen LogP contribution < -0.4 is 9.21 Å². The lowest BCUT2D eigenvalue weighted by molar-refractivity contribution is -0.137. The second-order valence-corrected chi connectivity index (χ2v) is 9.36. The van der Waals surface area contributed by atoms with Gasteiger partial charge in [0.2, 0.25) is 10.0 Å². The van der Waals surface area contributed by atoms with Crippen LogP contribution in [0.2, 0.25) is 0 Å². The van der Waals surface area contributed by atoms with Gasteiger partial charge in [-0.2, -0.15) is 13.2 Å². The van der Waals surface area contributed by atoms with Crippen molar-refractivity contribution in [2.45, 2.75) is 6.18 Å². The van der Waals surface area contributed by atoms with Crippen LogP contribution in [-0.4, -0.2) is 58.2 Å². The van der Waals surface area contributed by atoms with Gasteiger partial charge in [0.05, 0.1) is 24.1 Å². The largest absolute Gasteiger partial charge is 0.416 e. The van der Waals surface area contributed by atoms with E-state index >= 15 is 0 Å². The molecule has 1 heterocycles. The van der Waals surface area contributed by atoms with Gasteiger partial charge in [0, 0.05) is 37.4 Å². The molecule has 2 aromatic carbocycles. The molecule has 0 spiro atoms. The fourth-order valence-electron chi connectivity index (χ4n) is 3.55. The lowest BCUT2D eigenvalue weighted by Crippen LogP contribution is -2.48. The molecule has 2 aromatic rings. The highest BCUT2D eigenvalue weighted by Gasteiger charge is 2.31. The lowest BCUT2D eigenvalue weighted by Gasteiger charge is -2.36. The summed E-state index contributed by atoms with van der Waals surface area (Å²) >= 11 is 0. The van der Waals surface area contributed by atoms with Crippen LogP contribution >= 0.6 is 0 Å². The maximum atomic E-state index is 13.0. The van der Waals surface area contributed by atoms with Gasteiger partial charge in [0.15, 0.2) is 0 Å². The highest BCUT2D eigenvalue weighted by atomic mass is 32.2. The van der Waals surface area contributed by atoms with Crippen LogP contribution in [0.5, 0.6) is 0 Å². The van der Waals surface area contributed by atoms with Gasteiger partial charge in [-0.05, 0) is 42.5 Å². The molecule has 1 aliphatic heterocycles. The summed E-state index contributed by atoms with van der Waals surface area (Å²) < 4.78 is 64.0. The molecule has 0 aromatic heterocycles. The standard InChI is InChI=1S/C22H24F3N3O3S/c1-3-11-28(32(2,30)31)19-9-7-17(8-10-19)21(29)27-14-12-26(13-15-27)20-6-4-5-18(16-20)22(23,24)25/h3-10,16H,1,11-15H2,2H3. The van der Waals surface area contributed by atoms with E-state index < -0.39 is 21.8 Å². The number of carbonyl (C=O) groups is 1. The minimum Gasteiger partial charge on any atom is -0.368 e. The third kappa shape index (κ3) is 5.42. The van der Waals surface area contributed by atoms with Gasteiger partial charge in [-0.3, -0.25) is 9.10 Å². The number of rotatable bonds is 6. The van der Waals surface area contributed by atoms with E-state index in [1.165, 1.54) is 16.4 Å². The topological polar surface area (TPSA) is 60.9 Å². The predicted octanol–water partition coefficient (Wildman–Crippen LogP) is 3.62. The summed E-state index contributed by atoms with van der Waals surface area (Å²) in [6, 6.07) is 11.4. The van der Waals surface area contributed by atoms with Gasteiger partial charge in [0.1, 0.15) is 0 Å². The second kappa shape index (κ2) is 9.23. The van der Waals surface area contributed by atoms with Gasteiger partial charge in [-0.15, -0.1) is 6.58 Å². The summed E-state index contributed by atoms with van der Waals surface area (Å²) in [6.45, 7) is 5.23. The number of sulfonamides is 1. The summed E-state index contributed by atoms with van der Waals surface area (Å²) in [5.41, 5.74) is 0.610. The summed E-state index contributed by atoms with van der Waals surface area (Å²) in [5, 5.41) is 0. The van der Waals surface area contributed by atoms with Crippen molar-refractivity contribution in [2.75, 3.05) is 48.2 Å². The highest BCUT2D eigenvalue weighted by Crippen LogP contribution is 2.32. The normalized spacial score (nSPS) is 14.9. The monoisotopic (exact) mass is 467 g/mol. The molecule has 0 aliphatic carbocycles. The number of amides is 1. The van der Waals surface area contributed by atoms with E-state index in [0.717, 1.165) is 18.4 Å². The Bertz CT molecular complexity index is 1080. The Labute approximate surface area is 185 Å². The number of hydrogen-bond donors (Lipinski definition) is 0. The molecule has 0 saturated carbocycles. The number of alkyl halides is 3. The second-order valence-electron chi connectivity index (χ2n) is 7.46. The summed E-state index contributed by atoms with van der Waals surface area (Å²) in [7, 11) is -3.49.